The maximum atomic E-state index is 4.69. The van der Waals surface area contributed by atoms with E-state index in [0.29, 0.717) is 0 Å². The Morgan fingerprint density at radius 3 is 2.56 bits per heavy atom. The number of nitrogens with one attached hydrogen (secondary N) is 1. The molecule has 1 N–H and O–H groups in total. The first-order valence-electron chi connectivity index (χ1n) is 8.22. The molecule has 122 valence electrons. The fourth-order valence-electron chi connectivity index (χ4n) is 2.73. The SMILES string of the molecule is c1ccc(Nc2cccc(-c3ccn(Cc4cccnc4)n3)c2)cc1. The molecule has 0 aliphatic carbocycles. The molecule has 0 bridgehead atoms. The van der Waals surface area contributed by atoms with Gasteiger partial charge in [0.25, 0.3) is 0 Å². The molecule has 0 spiro atoms. The van der Waals surface area contributed by atoms with Crippen molar-refractivity contribution in [3.63, 3.8) is 0 Å². The number of hydrogen-bond acceptors (Lipinski definition) is 3. The van der Waals surface area contributed by atoms with Crippen LogP contribution in [0.1, 0.15) is 5.56 Å². The Morgan fingerprint density at radius 2 is 1.72 bits per heavy atom. The predicted octanol–water partition coefficient (Wildman–Crippen LogP) is 4.74. The Bertz CT molecular complexity index is 946. The lowest BCUT2D eigenvalue weighted by molar-refractivity contribution is 0.687. The summed E-state index contributed by atoms with van der Waals surface area (Å²) in [4.78, 5) is 4.15. The summed E-state index contributed by atoms with van der Waals surface area (Å²) in [6, 6.07) is 24.5. The van der Waals surface area contributed by atoms with Crippen LogP contribution < -0.4 is 5.32 Å². The number of hydrogen-bond donors (Lipinski definition) is 1. The van der Waals surface area contributed by atoms with Gasteiger partial charge in [0, 0.05) is 35.5 Å². The topological polar surface area (TPSA) is 42.7 Å². The van der Waals surface area contributed by atoms with Gasteiger partial charge in [-0.3, -0.25) is 9.67 Å². The molecule has 4 nitrogen and oxygen atoms in total. The first-order valence-corrected chi connectivity index (χ1v) is 8.22. The lowest BCUT2D eigenvalue weighted by Crippen LogP contribution is -2.00. The van der Waals surface area contributed by atoms with Crippen molar-refractivity contribution in [1.29, 1.82) is 0 Å². The second kappa shape index (κ2) is 7.01. The van der Waals surface area contributed by atoms with Gasteiger partial charge in [0.2, 0.25) is 0 Å². The highest BCUT2D eigenvalue weighted by Gasteiger charge is 2.04. The summed E-state index contributed by atoms with van der Waals surface area (Å²) in [6.07, 6.45) is 5.65. The van der Waals surface area contributed by atoms with E-state index in [1.807, 2.05) is 53.5 Å². The summed E-state index contributed by atoms with van der Waals surface area (Å²) in [7, 11) is 0. The number of aromatic nitrogens is 3. The number of rotatable bonds is 5. The number of nitrogens with zero attached hydrogens (tertiary/aromatic N) is 3. The fourth-order valence-corrected chi connectivity index (χ4v) is 2.73. The average Bonchev–Trinajstić information content (AvgIpc) is 3.12. The molecule has 25 heavy (non-hydrogen) atoms. The Balaban J connectivity index is 1.53. The molecular formula is C21H18N4. The third-order valence-corrected chi connectivity index (χ3v) is 3.93. The van der Waals surface area contributed by atoms with E-state index < -0.39 is 0 Å². The molecule has 0 aliphatic rings. The number of pyridine rings is 1. The minimum absolute atomic E-state index is 0.718. The van der Waals surface area contributed by atoms with Gasteiger partial charge in [0.1, 0.15) is 0 Å². The van der Waals surface area contributed by atoms with Crippen LogP contribution in [0.25, 0.3) is 11.3 Å². The summed E-state index contributed by atoms with van der Waals surface area (Å²) >= 11 is 0. The molecule has 0 saturated carbocycles. The molecule has 0 amide bonds. The van der Waals surface area contributed by atoms with E-state index >= 15 is 0 Å². The Labute approximate surface area is 146 Å². The third-order valence-electron chi connectivity index (χ3n) is 3.93. The molecule has 0 unspecified atom stereocenters. The molecule has 0 atom stereocenters. The van der Waals surface area contributed by atoms with Crippen molar-refractivity contribution in [1.82, 2.24) is 14.8 Å². The van der Waals surface area contributed by atoms with Gasteiger partial charge in [-0.05, 0) is 42.0 Å². The van der Waals surface area contributed by atoms with Crippen LogP contribution in [0.5, 0.6) is 0 Å². The van der Waals surface area contributed by atoms with Crippen LogP contribution in [0, 0.1) is 0 Å². The highest BCUT2D eigenvalue weighted by atomic mass is 15.3. The molecule has 2 heterocycles. The number of para-hydroxylation sites is 1. The molecule has 2 aromatic heterocycles. The van der Waals surface area contributed by atoms with Gasteiger partial charge in [-0.1, -0.05) is 36.4 Å². The van der Waals surface area contributed by atoms with Crippen molar-refractivity contribution in [3.05, 3.63) is 97.0 Å². The van der Waals surface area contributed by atoms with E-state index in [1.165, 1.54) is 0 Å². The minimum Gasteiger partial charge on any atom is -0.356 e. The predicted molar refractivity (Wildman–Crippen MR) is 101 cm³/mol. The van der Waals surface area contributed by atoms with Crippen LogP contribution in [0.3, 0.4) is 0 Å². The second-order valence-electron chi connectivity index (χ2n) is 5.83. The molecule has 0 saturated heterocycles. The van der Waals surface area contributed by atoms with E-state index in [4.69, 9.17) is 0 Å². The first-order chi connectivity index (χ1) is 12.4. The molecule has 0 radical (unpaired) electrons. The molecule has 4 heteroatoms. The van der Waals surface area contributed by atoms with E-state index in [1.54, 1.807) is 6.20 Å². The van der Waals surface area contributed by atoms with Gasteiger partial charge in [-0.25, -0.2) is 0 Å². The van der Waals surface area contributed by atoms with Crippen molar-refractivity contribution in [2.45, 2.75) is 6.54 Å². The van der Waals surface area contributed by atoms with Crippen molar-refractivity contribution < 1.29 is 0 Å². The van der Waals surface area contributed by atoms with Crippen LogP contribution in [0.15, 0.2) is 91.4 Å². The van der Waals surface area contributed by atoms with Gasteiger partial charge in [0.05, 0.1) is 12.2 Å². The molecule has 4 rings (SSSR count). The van der Waals surface area contributed by atoms with Gasteiger partial charge >= 0.3 is 0 Å². The summed E-state index contributed by atoms with van der Waals surface area (Å²) < 4.78 is 1.93. The zero-order chi connectivity index (χ0) is 16.9. The van der Waals surface area contributed by atoms with Crippen LogP contribution in [0.2, 0.25) is 0 Å². The highest BCUT2D eigenvalue weighted by molar-refractivity contribution is 5.68. The van der Waals surface area contributed by atoms with E-state index in [0.717, 1.165) is 34.7 Å². The van der Waals surface area contributed by atoms with Crippen molar-refractivity contribution in [2.24, 2.45) is 0 Å². The zero-order valence-electron chi connectivity index (χ0n) is 13.7. The van der Waals surface area contributed by atoms with E-state index in [9.17, 15) is 0 Å². The van der Waals surface area contributed by atoms with Gasteiger partial charge in [0.15, 0.2) is 0 Å². The second-order valence-corrected chi connectivity index (χ2v) is 5.83. The van der Waals surface area contributed by atoms with Gasteiger partial charge in [-0.2, -0.15) is 5.10 Å². The Hall–Kier alpha value is -3.40. The first kappa shape index (κ1) is 15.1. The standard InChI is InChI=1S/C21H18N4/c1-2-8-19(9-3-1)23-20-10-4-7-18(14-20)21-11-13-25(24-21)16-17-6-5-12-22-15-17/h1-15,23H,16H2. The van der Waals surface area contributed by atoms with Gasteiger partial charge in [-0.15, -0.1) is 0 Å². The van der Waals surface area contributed by atoms with Crippen LogP contribution in [-0.4, -0.2) is 14.8 Å². The molecular weight excluding hydrogens is 308 g/mol. The molecule has 0 fully saturated rings. The summed E-state index contributed by atoms with van der Waals surface area (Å²) in [5.74, 6) is 0. The number of benzene rings is 2. The van der Waals surface area contributed by atoms with Crippen LogP contribution >= 0.6 is 0 Å². The van der Waals surface area contributed by atoms with Crippen LogP contribution in [0.4, 0.5) is 11.4 Å². The fraction of sp³-hybridized carbons (Fsp3) is 0.0476. The third kappa shape index (κ3) is 3.75. The smallest absolute Gasteiger partial charge is 0.0924 e. The Morgan fingerprint density at radius 1 is 0.840 bits per heavy atom. The van der Waals surface area contributed by atoms with Crippen molar-refractivity contribution in [2.75, 3.05) is 5.32 Å². The maximum absolute atomic E-state index is 4.69. The largest absolute Gasteiger partial charge is 0.356 e. The highest BCUT2D eigenvalue weighted by Crippen LogP contribution is 2.23. The monoisotopic (exact) mass is 326 g/mol. The van der Waals surface area contributed by atoms with Crippen molar-refractivity contribution in [3.8, 4) is 11.3 Å². The lowest BCUT2D eigenvalue weighted by Gasteiger charge is -2.07. The summed E-state index contributed by atoms with van der Waals surface area (Å²) in [6.45, 7) is 0.718. The van der Waals surface area contributed by atoms with E-state index in [-0.39, 0.29) is 0 Å². The normalized spacial score (nSPS) is 10.6. The minimum atomic E-state index is 0.718. The van der Waals surface area contributed by atoms with Gasteiger partial charge < -0.3 is 5.32 Å². The lowest BCUT2D eigenvalue weighted by atomic mass is 10.1. The Kier molecular flexibility index (Phi) is 4.25. The molecule has 4 aromatic rings. The summed E-state index contributed by atoms with van der Waals surface area (Å²) in [5.41, 5.74) is 5.30. The quantitative estimate of drug-likeness (QED) is 0.576. The zero-order valence-corrected chi connectivity index (χ0v) is 13.7. The molecule has 2 aromatic carbocycles. The number of anilines is 2. The van der Waals surface area contributed by atoms with E-state index in [2.05, 4.69) is 51.8 Å². The van der Waals surface area contributed by atoms with Crippen LogP contribution in [-0.2, 0) is 6.54 Å². The average molecular weight is 326 g/mol. The molecule has 0 aliphatic heterocycles. The maximum Gasteiger partial charge on any atom is 0.0924 e. The van der Waals surface area contributed by atoms with Crippen molar-refractivity contribution >= 4 is 11.4 Å². The summed E-state index contributed by atoms with van der Waals surface area (Å²) in [5, 5.41) is 8.10.